The van der Waals surface area contributed by atoms with E-state index >= 15 is 0 Å². The van der Waals surface area contributed by atoms with Crippen LogP contribution in [0.3, 0.4) is 0 Å². The highest BCUT2D eigenvalue weighted by Gasteiger charge is 2.17. The number of thiazole rings is 1. The van der Waals surface area contributed by atoms with Gasteiger partial charge in [-0.15, -0.1) is 11.3 Å². The minimum atomic E-state index is -0.534. The number of carbonyl (C=O) groups excluding carboxylic acids is 1. The van der Waals surface area contributed by atoms with E-state index in [1.54, 1.807) is 11.3 Å². The van der Waals surface area contributed by atoms with Gasteiger partial charge in [-0.3, -0.25) is 9.20 Å². The van der Waals surface area contributed by atoms with Crippen molar-refractivity contribution in [3.05, 3.63) is 56.2 Å². The van der Waals surface area contributed by atoms with E-state index in [1.807, 2.05) is 29.6 Å². The smallest absolute Gasteiger partial charge is 0.355 e. The fraction of sp³-hybridized carbons (Fsp3) is 0.133. The molecule has 2 heterocycles. The van der Waals surface area contributed by atoms with Gasteiger partial charge in [-0.05, 0) is 24.6 Å². The predicted molar refractivity (Wildman–Crippen MR) is 88.4 cm³/mol. The van der Waals surface area contributed by atoms with E-state index in [0.717, 1.165) is 15.7 Å². The number of carbonyl (C=O) groups is 1. The summed E-state index contributed by atoms with van der Waals surface area (Å²) >= 11 is 4.70. The molecule has 0 unspecified atom stereocenters. The molecule has 0 aliphatic rings. The highest BCUT2D eigenvalue weighted by molar-refractivity contribution is 9.10. The number of fused-ring (bicyclic) bond motifs is 1. The van der Waals surface area contributed by atoms with Gasteiger partial charge in [-0.2, -0.15) is 4.98 Å². The molecule has 1 aromatic carbocycles. The summed E-state index contributed by atoms with van der Waals surface area (Å²) in [6.45, 7) is 1.97. The van der Waals surface area contributed by atoms with Gasteiger partial charge in [-0.25, -0.2) is 4.79 Å². The molecule has 5 nitrogen and oxygen atoms in total. The van der Waals surface area contributed by atoms with Gasteiger partial charge in [-0.1, -0.05) is 28.1 Å². The van der Waals surface area contributed by atoms with Gasteiger partial charge >= 0.3 is 5.97 Å². The molecule has 0 bridgehead atoms. The Hall–Kier alpha value is -1.99. The molecule has 3 rings (SSSR count). The second kappa shape index (κ2) is 6.02. The van der Waals surface area contributed by atoms with Crippen molar-refractivity contribution in [3.8, 4) is 11.3 Å². The second-order valence-corrected chi connectivity index (χ2v) is 6.20. The highest BCUT2D eigenvalue weighted by atomic mass is 79.9. The summed E-state index contributed by atoms with van der Waals surface area (Å²) in [5.74, 6) is -0.534. The van der Waals surface area contributed by atoms with E-state index in [1.165, 1.54) is 17.4 Å². The summed E-state index contributed by atoms with van der Waals surface area (Å²) in [6, 6.07) is 8.90. The van der Waals surface area contributed by atoms with Gasteiger partial charge in [0.05, 0.1) is 12.3 Å². The maximum absolute atomic E-state index is 12.1. The number of esters is 1. The Bertz CT molecular complexity index is 899. The molecule has 0 saturated carbocycles. The average Bonchev–Trinajstić information content (AvgIpc) is 2.91. The zero-order valence-electron chi connectivity index (χ0n) is 11.6. The molecule has 0 saturated heterocycles. The minimum absolute atomic E-state index is 0.191. The molecular weight excluding hydrogens is 368 g/mol. The van der Waals surface area contributed by atoms with Crippen LogP contribution in [-0.4, -0.2) is 22.0 Å². The molecule has 7 heteroatoms. The molecule has 0 spiro atoms. The fourth-order valence-electron chi connectivity index (χ4n) is 2.11. The predicted octanol–water partition coefficient (Wildman–Crippen LogP) is 3.36. The van der Waals surface area contributed by atoms with E-state index in [9.17, 15) is 9.59 Å². The van der Waals surface area contributed by atoms with Crippen LogP contribution in [-0.2, 0) is 4.74 Å². The lowest BCUT2D eigenvalue weighted by Gasteiger charge is -2.08. The third kappa shape index (κ3) is 2.69. The number of hydrogen-bond acceptors (Lipinski definition) is 5. The molecule has 0 N–H and O–H groups in total. The number of ether oxygens (including phenoxy) is 1. The Morgan fingerprint density at radius 2 is 2.09 bits per heavy atom. The molecule has 3 aromatic rings. The van der Waals surface area contributed by atoms with E-state index in [4.69, 9.17) is 4.74 Å². The van der Waals surface area contributed by atoms with Crippen molar-refractivity contribution in [2.75, 3.05) is 6.61 Å². The SMILES string of the molecule is CCOC(=O)c1cc(=O)nc2scc(-c3ccc(Br)cc3)n12. The van der Waals surface area contributed by atoms with Crippen LogP contribution in [0.5, 0.6) is 0 Å². The maximum Gasteiger partial charge on any atom is 0.355 e. The van der Waals surface area contributed by atoms with Crippen LogP contribution in [0.4, 0.5) is 0 Å². The minimum Gasteiger partial charge on any atom is -0.461 e. The number of aromatic nitrogens is 2. The monoisotopic (exact) mass is 378 g/mol. The van der Waals surface area contributed by atoms with Crippen molar-refractivity contribution >= 4 is 38.2 Å². The van der Waals surface area contributed by atoms with Gasteiger partial charge < -0.3 is 4.74 Å². The molecule has 112 valence electrons. The first-order valence-corrected chi connectivity index (χ1v) is 8.22. The molecule has 0 aliphatic heterocycles. The van der Waals surface area contributed by atoms with Crippen molar-refractivity contribution in [1.29, 1.82) is 0 Å². The maximum atomic E-state index is 12.1. The number of halogens is 1. The summed E-state index contributed by atoms with van der Waals surface area (Å²) in [4.78, 5) is 28.2. The van der Waals surface area contributed by atoms with Gasteiger partial charge in [0.1, 0.15) is 5.69 Å². The van der Waals surface area contributed by atoms with E-state index in [0.29, 0.717) is 4.96 Å². The van der Waals surface area contributed by atoms with Crippen molar-refractivity contribution < 1.29 is 9.53 Å². The first kappa shape index (κ1) is 14.9. The molecule has 0 fully saturated rings. The van der Waals surface area contributed by atoms with Crippen LogP contribution in [0.15, 0.2) is 45.0 Å². The summed E-state index contributed by atoms with van der Waals surface area (Å²) in [5, 5.41) is 1.87. The Kier molecular flexibility index (Phi) is 4.08. The third-order valence-electron chi connectivity index (χ3n) is 3.04. The van der Waals surface area contributed by atoms with Crippen LogP contribution in [0.2, 0.25) is 0 Å². The lowest BCUT2D eigenvalue weighted by molar-refractivity contribution is 0.0517. The zero-order chi connectivity index (χ0) is 15.7. The van der Waals surface area contributed by atoms with E-state index < -0.39 is 11.5 Å². The molecule has 0 radical (unpaired) electrons. The number of nitrogens with zero attached hydrogens (tertiary/aromatic N) is 2. The number of hydrogen-bond donors (Lipinski definition) is 0. The molecule has 2 aromatic heterocycles. The fourth-order valence-corrected chi connectivity index (χ4v) is 3.27. The van der Waals surface area contributed by atoms with Crippen molar-refractivity contribution in [1.82, 2.24) is 9.38 Å². The Morgan fingerprint density at radius 3 is 2.77 bits per heavy atom. The molecule has 0 atom stereocenters. The summed E-state index contributed by atoms with van der Waals surface area (Å²) in [6.07, 6.45) is 0. The van der Waals surface area contributed by atoms with Gasteiger partial charge in [0, 0.05) is 15.9 Å². The average molecular weight is 379 g/mol. The zero-order valence-corrected chi connectivity index (χ0v) is 14.0. The number of benzene rings is 1. The Labute approximate surface area is 138 Å². The third-order valence-corrected chi connectivity index (χ3v) is 4.39. The second-order valence-electron chi connectivity index (χ2n) is 4.45. The van der Waals surface area contributed by atoms with E-state index in [2.05, 4.69) is 20.9 Å². The van der Waals surface area contributed by atoms with Crippen molar-refractivity contribution in [2.45, 2.75) is 6.92 Å². The van der Waals surface area contributed by atoms with Gasteiger partial charge in [0.15, 0.2) is 4.96 Å². The quantitative estimate of drug-likeness (QED) is 0.655. The normalized spacial score (nSPS) is 10.8. The largest absolute Gasteiger partial charge is 0.461 e. The summed E-state index contributed by atoms with van der Waals surface area (Å²) in [7, 11) is 0. The van der Waals surface area contributed by atoms with Crippen LogP contribution >= 0.6 is 27.3 Å². The topological polar surface area (TPSA) is 60.7 Å². The standard InChI is InChI=1S/C15H11BrN2O3S/c1-2-21-14(20)11-7-13(19)17-15-18(11)12(8-22-15)9-3-5-10(16)6-4-9/h3-8H,2H2,1H3. The van der Waals surface area contributed by atoms with Gasteiger partial charge in [0.2, 0.25) is 0 Å². The first-order valence-electron chi connectivity index (χ1n) is 6.54. The summed E-state index contributed by atoms with van der Waals surface area (Å²) in [5.41, 5.74) is 1.46. The van der Waals surface area contributed by atoms with Crippen LogP contribution in [0.25, 0.3) is 16.2 Å². The lowest BCUT2D eigenvalue weighted by atomic mass is 10.2. The van der Waals surface area contributed by atoms with Crippen LogP contribution in [0, 0.1) is 0 Å². The molecule has 0 amide bonds. The van der Waals surface area contributed by atoms with Crippen molar-refractivity contribution in [2.24, 2.45) is 0 Å². The highest BCUT2D eigenvalue weighted by Crippen LogP contribution is 2.27. The lowest BCUT2D eigenvalue weighted by Crippen LogP contribution is -2.17. The number of rotatable bonds is 3. The van der Waals surface area contributed by atoms with Gasteiger partial charge in [0.25, 0.3) is 5.56 Å². The Morgan fingerprint density at radius 1 is 1.36 bits per heavy atom. The van der Waals surface area contributed by atoms with Crippen LogP contribution < -0.4 is 5.56 Å². The molecule has 0 aliphatic carbocycles. The summed E-state index contributed by atoms with van der Waals surface area (Å²) < 4.78 is 7.67. The van der Waals surface area contributed by atoms with Crippen molar-refractivity contribution in [3.63, 3.8) is 0 Å². The Balaban J connectivity index is 2.26. The van der Waals surface area contributed by atoms with E-state index in [-0.39, 0.29) is 12.3 Å². The molecular formula is C15H11BrN2O3S. The van der Waals surface area contributed by atoms with Crippen LogP contribution in [0.1, 0.15) is 17.4 Å². The first-order chi connectivity index (χ1) is 10.6. The molecule has 22 heavy (non-hydrogen) atoms.